The molecular formula is C10H13NO3. The number of hydrogen-bond donors (Lipinski definition) is 0. The molecule has 0 spiro atoms. The molecule has 4 heteroatoms. The molecule has 0 aliphatic heterocycles. The third-order valence-corrected chi connectivity index (χ3v) is 1.55. The van der Waals surface area contributed by atoms with Crippen molar-refractivity contribution < 1.29 is 14.3 Å². The first-order valence-electron chi connectivity index (χ1n) is 4.48. The second kappa shape index (κ2) is 5.21. The van der Waals surface area contributed by atoms with Crippen molar-refractivity contribution in [2.75, 3.05) is 6.61 Å². The Balaban J connectivity index is 2.49. The first-order chi connectivity index (χ1) is 6.74. The molecule has 0 bridgehead atoms. The van der Waals surface area contributed by atoms with Crippen LogP contribution in [0, 0.1) is 0 Å². The summed E-state index contributed by atoms with van der Waals surface area (Å²) in [4.78, 5) is 15.1. The van der Waals surface area contributed by atoms with E-state index in [2.05, 4.69) is 4.98 Å². The fourth-order valence-corrected chi connectivity index (χ4v) is 0.906. The SMILES string of the molecule is CCOC(=O)[C@H](C)Oc1ccccn1. The van der Waals surface area contributed by atoms with Gasteiger partial charge in [0.2, 0.25) is 5.88 Å². The van der Waals surface area contributed by atoms with E-state index in [1.165, 1.54) is 0 Å². The molecule has 1 atom stereocenters. The number of pyridine rings is 1. The highest BCUT2D eigenvalue weighted by Crippen LogP contribution is 2.06. The first-order valence-corrected chi connectivity index (χ1v) is 4.48. The number of ether oxygens (including phenoxy) is 2. The Kier molecular flexibility index (Phi) is 3.91. The minimum atomic E-state index is -0.621. The molecule has 0 amide bonds. The number of rotatable bonds is 4. The van der Waals surface area contributed by atoms with Crippen LogP contribution in [0.2, 0.25) is 0 Å². The van der Waals surface area contributed by atoms with Crippen molar-refractivity contribution in [3.8, 4) is 5.88 Å². The maximum absolute atomic E-state index is 11.2. The van der Waals surface area contributed by atoms with Crippen LogP contribution in [0.25, 0.3) is 0 Å². The van der Waals surface area contributed by atoms with E-state index < -0.39 is 6.10 Å². The van der Waals surface area contributed by atoms with E-state index in [0.29, 0.717) is 12.5 Å². The molecule has 0 saturated heterocycles. The number of aromatic nitrogens is 1. The highest BCUT2D eigenvalue weighted by Gasteiger charge is 2.15. The molecular weight excluding hydrogens is 182 g/mol. The molecule has 0 fully saturated rings. The van der Waals surface area contributed by atoms with Crippen LogP contribution in [0.15, 0.2) is 24.4 Å². The van der Waals surface area contributed by atoms with Gasteiger partial charge in [-0.25, -0.2) is 9.78 Å². The van der Waals surface area contributed by atoms with E-state index in [9.17, 15) is 4.79 Å². The molecule has 0 aliphatic carbocycles. The Morgan fingerprint density at radius 1 is 1.57 bits per heavy atom. The summed E-state index contributed by atoms with van der Waals surface area (Å²) in [7, 11) is 0. The molecule has 0 aromatic carbocycles. The van der Waals surface area contributed by atoms with Crippen molar-refractivity contribution in [1.29, 1.82) is 0 Å². The summed E-state index contributed by atoms with van der Waals surface area (Å²) in [6.07, 6.45) is 0.984. The predicted octanol–water partition coefficient (Wildman–Crippen LogP) is 1.41. The van der Waals surface area contributed by atoms with E-state index in [1.54, 1.807) is 38.2 Å². The van der Waals surface area contributed by atoms with Gasteiger partial charge >= 0.3 is 5.97 Å². The largest absolute Gasteiger partial charge is 0.463 e. The summed E-state index contributed by atoms with van der Waals surface area (Å²) in [5.74, 6) is 0.0474. The zero-order valence-electron chi connectivity index (χ0n) is 8.27. The van der Waals surface area contributed by atoms with Crippen LogP contribution in [0.1, 0.15) is 13.8 Å². The second-order valence-electron chi connectivity index (χ2n) is 2.68. The minimum absolute atomic E-state index is 0.356. The van der Waals surface area contributed by atoms with Gasteiger partial charge in [-0.2, -0.15) is 0 Å². The first kappa shape index (κ1) is 10.5. The lowest BCUT2D eigenvalue weighted by atomic mass is 10.4. The van der Waals surface area contributed by atoms with Gasteiger partial charge in [0.1, 0.15) is 0 Å². The number of hydrogen-bond acceptors (Lipinski definition) is 4. The Hall–Kier alpha value is -1.58. The molecule has 1 aromatic heterocycles. The van der Waals surface area contributed by atoms with Crippen molar-refractivity contribution in [3.05, 3.63) is 24.4 Å². The zero-order valence-corrected chi connectivity index (χ0v) is 8.27. The standard InChI is InChI=1S/C10H13NO3/c1-3-13-10(12)8(2)14-9-6-4-5-7-11-9/h4-8H,3H2,1-2H3/t8-/m0/s1. The van der Waals surface area contributed by atoms with E-state index in [4.69, 9.17) is 9.47 Å². The van der Waals surface area contributed by atoms with Crippen LogP contribution in [0.4, 0.5) is 0 Å². The van der Waals surface area contributed by atoms with Gasteiger partial charge in [-0.3, -0.25) is 0 Å². The van der Waals surface area contributed by atoms with Gasteiger partial charge in [-0.15, -0.1) is 0 Å². The van der Waals surface area contributed by atoms with E-state index in [1.807, 2.05) is 0 Å². The lowest BCUT2D eigenvalue weighted by Crippen LogP contribution is -2.26. The van der Waals surface area contributed by atoms with Crippen molar-refractivity contribution in [2.45, 2.75) is 20.0 Å². The molecule has 0 N–H and O–H groups in total. The fraction of sp³-hybridized carbons (Fsp3) is 0.400. The molecule has 0 aliphatic rings. The van der Waals surface area contributed by atoms with Crippen LogP contribution < -0.4 is 4.74 Å². The molecule has 0 saturated carbocycles. The van der Waals surface area contributed by atoms with Crippen molar-refractivity contribution in [2.24, 2.45) is 0 Å². The second-order valence-corrected chi connectivity index (χ2v) is 2.68. The number of nitrogens with zero attached hydrogens (tertiary/aromatic N) is 1. The van der Waals surface area contributed by atoms with E-state index >= 15 is 0 Å². The third-order valence-electron chi connectivity index (χ3n) is 1.55. The Bertz CT molecular complexity index is 287. The quantitative estimate of drug-likeness (QED) is 0.681. The lowest BCUT2D eigenvalue weighted by molar-refractivity contribution is -0.150. The summed E-state index contributed by atoms with van der Waals surface area (Å²) in [6.45, 7) is 3.74. The Labute approximate surface area is 82.9 Å². The van der Waals surface area contributed by atoms with Crippen molar-refractivity contribution in [3.63, 3.8) is 0 Å². The molecule has 4 nitrogen and oxygen atoms in total. The summed E-state index contributed by atoms with van der Waals surface area (Å²) >= 11 is 0. The van der Waals surface area contributed by atoms with Crippen LogP contribution in [0.5, 0.6) is 5.88 Å². The topological polar surface area (TPSA) is 48.4 Å². The highest BCUT2D eigenvalue weighted by atomic mass is 16.6. The molecule has 1 rings (SSSR count). The van der Waals surface area contributed by atoms with Gasteiger partial charge in [0.25, 0.3) is 0 Å². The Morgan fingerprint density at radius 2 is 2.36 bits per heavy atom. The Morgan fingerprint density at radius 3 is 2.93 bits per heavy atom. The molecule has 0 radical (unpaired) electrons. The average Bonchev–Trinajstić information content (AvgIpc) is 2.19. The van der Waals surface area contributed by atoms with Gasteiger partial charge in [-0.05, 0) is 19.9 Å². The van der Waals surface area contributed by atoms with Crippen LogP contribution in [0.3, 0.4) is 0 Å². The van der Waals surface area contributed by atoms with Crippen molar-refractivity contribution >= 4 is 5.97 Å². The smallest absolute Gasteiger partial charge is 0.347 e. The molecule has 0 unspecified atom stereocenters. The molecule has 1 heterocycles. The van der Waals surface area contributed by atoms with Crippen LogP contribution in [-0.2, 0) is 9.53 Å². The predicted molar refractivity (Wildman–Crippen MR) is 51.0 cm³/mol. The normalized spacial score (nSPS) is 11.9. The summed E-state index contributed by atoms with van der Waals surface area (Å²) in [5, 5.41) is 0. The number of carbonyl (C=O) groups is 1. The molecule has 76 valence electrons. The molecule has 1 aromatic rings. The monoisotopic (exact) mass is 195 g/mol. The van der Waals surface area contributed by atoms with Gasteiger partial charge in [0, 0.05) is 12.3 Å². The van der Waals surface area contributed by atoms with E-state index in [0.717, 1.165) is 0 Å². The summed E-state index contributed by atoms with van der Waals surface area (Å²) in [6, 6.07) is 5.26. The van der Waals surface area contributed by atoms with Crippen LogP contribution >= 0.6 is 0 Å². The number of esters is 1. The van der Waals surface area contributed by atoms with Gasteiger partial charge in [-0.1, -0.05) is 6.07 Å². The minimum Gasteiger partial charge on any atom is -0.463 e. The van der Waals surface area contributed by atoms with Crippen molar-refractivity contribution in [1.82, 2.24) is 4.98 Å². The average molecular weight is 195 g/mol. The third kappa shape index (κ3) is 3.05. The zero-order chi connectivity index (χ0) is 10.4. The van der Waals surface area contributed by atoms with Gasteiger partial charge < -0.3 is 9.47 Å². The van der Waals surface area contributed by atoms with Gasteiger partial charge in [0.05, 0.1) is 6.61 Å². The number of carbonyl (C=O) groups excluding carboxylic acids is 1. The molecule has 14 heavy (non-hydrogen) atoms. The van der Waals surface area contributed by atoms with Crippen LogP contribution in [-0.4, -0.2) is 23.7 Å². The van der Waals surface area contributed by atoms with Gasteiger partial charge in [0.15, 0.2) is 6.10 Å². The van der Waals surface area contributed by atoms with E-state index in [-0.39, 0.29) is 5.97 Å². The highest BCUT2D eigenvalue weighted by molar-refractivity contribution is 5.74. The lowest BCUT2D eigenvalue weighted by Gasteiger charge is -2.11. The maximum Gasteiger partial charge on any atom is 0.347 e. The maximum atomic E-state index is 11.2. The fourth-order valence-electron chi connectivity index (χ4n) is 0.906. The summed E-state index contributed by atoms with van der Waals surface area (Å²) < 4.78 is 10.0. The summed E-state index contributed by atoms with van der Waals surface area (Å²) in [5.41, 5.74) is 0.